The Morgan fingerprint density at radius 1 is 1.11 bits per heavy atom. The number of aromatic nitrogens is 2. The topological polar surface area (TPSA) is 76.2 Å². The van der Waals surface area contributed by atoms with Crippen molar-refractivity contribution in [2.24, 2.45) is 0 Å². The summed E-state index contributed by atoms with van der Waals surface area (Å²) in [7, 11) is 3.19. The molecule has 0 aliphatic rings. The van der Waals surface area contributed by atoms with Crippen molar-refractivity contribution in [3.63, 3.8) is 0 Å². The lowest BCUT2D eigenvalue weighted by Crippen LogP contribution is -2.15. The van der Waals surface area contributed by atoms with Gasteiger partial charge in [-0.15, -0.1) is 0 Å². The molecule has 0 radical (unpaired) electrons. The van der Waals surface area contributed by atoms with Gasteiger partial charge in [-0.1, -0.05) is 29.8 Å². The van der Waals surface area contributed by atoms with Crippen LogP contribution in [0.5, 0.6) is 11.5 Å². The number of aryl methyl sites for hydroxylation is 1. The van der Waals surface area contributed by atoms with Crippen molar-refractivity contribution in [3.05, 3.63) is 58.7 Å². The zero-order chi connectivity index (χ0) is 19.4. The quantitative estimate of drug-likeness (QED) is 0.665. The minimum atomic E-state index is -0.205. The Morgan fingerprint density at radius 3 is 2.41 bits per heavy atom. The highest BCUT2D eigenvalue weighted by molar-refractivity contribution is 6.31. The van der Waals surface area contributed by atoms with Crippen LogP contribution in [0.15, 0.2) is 42.5 Å². The molecule has 3 aromatic rings. The maximum atomic E-state index is 12.5. The molecule has 0 saturated heterocycles. The van der Waals surface area contributed by atoms with E-state index < -0.39 is 0 Å². The van der Waals surface area contributed by atoms with Crippen LogP contribution in [0.25, 0.3) is 11.1 Å². The molecule has 1 aromatic heterocycles. The van der Waals surface area contributed by atoms with Gasteiger partial charge < -0.3 is 14.8 Å². The fraction of sp³-hybridized carbons (Fsp3) is 0.200. The van der Waals surface area contributed by atoms with Crippen molar-refractivity contribution in [2.75, 3.05) is 19.5 Å². The summed E-state index contributed by atoms with van der Waals surface area (Å²) >= 11 is 6.22. The van der Waals surface area contributed by atoms with E-state index in [2.05, 4.69) is 15.5 Å². The van der Waals surface area contributed by atoms with Gasteiger partial charge in [-0.05, 0) is 42.3 Å². The molecule has 6 nitrogen and oxygen atoms in total. The third kappa shape index (κ3) is 4.23. The van der Waals surface area contributed by atoms with E-state index >= 15 is 0 Å². The van der Waals surface area contributed by atoms with E-state index in [4.69, 9.17) is 21.1 Å². The largest absolute Gasteiger partial charge is 0.497 e. The summed E-state index contributed by atoms with van der Waals surface area (Å²) in [5, 5.41) is 10.5. The Kier molecular flexibility index (Phi) is 5.66. The van der Waals surface area contributed by atoms with Crippen LogP contribution < -0.4 is 14.8 Å². The Bertz CT molecular complexity index is 952. The minimum absolute atomic E-state index is 0.136. The number of carbonyl (C=O) groups is 1. The maximum absolute atomic E-state index is 12.5. The zero-order valence-corrected chi connectivity index (χ0v) is 16.1. The highest BCUT2D eigenvalue weighted by Crippen LogP contribution is 2.31. The van der Waals surface area contributed by atoms with E-state index in [0.29, 0.717) is 22.2 Å². The molecule has 0 spiro atoms. The van der Waals surface area contributed by atoms with E-state index in [1.807, 2.05) is 31.2 Å². The number of benzene rings is 2. The molecule has 0 aliphatic carbocycles. The first-order chi connectivity index (χ1) is 13.0. The van der Waals surface area contributed by atoms with Crippen LogP contribution in [0.4, 0.5) is 5.82 Å². The van der Waals surface area contributed by atoms with Gasteiger partial charge in [0.1, 0.15) is 11.5 Å². The van der Waals surface area contributed by atoms with Gasteiger partial charge in [-0.25, -0.2) is 0 Å². The second-order valence-corrected chi connectivity index (χ2v) is 6.39. The maximum Gasteiger partial charge on any atom is 0.230 e. The fourth-order valence-corrected chi connectivity index (χ4v) is 3.02. The van der Waals surface area contributed by atoms with Gasteiger partial charge >= 0.3 is 0 Å². The van der Waals surface area contributed by atoms with Crippen molar-refractivity contribution >= 4 is 23.3 Å². The van der Waals surface area contributed by atoms with Crippen LogP contribution in [0.3, 0.4) is 0 Å². The molecule has 0 saturated carbocycles. The number of hydrogen-bond donors (Lipinski definition) is 2. The number of methoxy groups -OCH3 is 2. The molecule has 3 rings (SSSR count). The van der Waals surface area contributed by atoms with Crippen molar-refractivity contribution in [2.45, 2.75) is 13.3 Å². The third-order valence-electron chi connectivity index (χ3n) is 4.19. The Labute approximate surface area is 162 Å². The Balaban J connectivity index is 1.78. The third-order valence-corrected chi connectivity index (χ3v) is 4.55. The first kappa shape index (κ1) is 18.8. The molecule has 0 aliphatic heterocycles. The van der Waals surface area contributed by atoms with E-state index in [0.717, 1.165) is 22.6 Å². The molecule has 140 valence electrons. The fourth-order valence-electron chi connectivity index (χ4n) is 2.78. The van der Waals surface area contributed by atoms with E-state index in [1.165, 1.54) is 0 Å². The summed E-state index contributed by atoms with van der Waals surface area (Å²) in [5.41, 5.74) is 3.35. The number of aromatic amines is 1. The summed E-state index contributed by atoms with van der Waals surface area (Å²) in [6.45, 7) is 1.91. The van der Waals surface area contributed by atoms with Crippen molar-refractivity contribution in [1.82, 2.24) is 10.2 Å². The van der Waals surface area contributed by atoms with Crippen LogP contribution in [0, 0.1) is 6.92 Å². The van der Waals surface area contributed by atoms with Gasteiger partial charge in [0, 0.05) is 16.3 Å². The monoisotopic (exact) mass is 385 g/mol. The van der Waals surface area contributed by atoms with E-state index in [-0.39, 0.29) is 12.3 Å². The molecule has 0 atom stereocenters. The van der Waals surface area contributed by atoms with Gasteiger partial charge in [0.15, 0.2) is 5.82 Å². The number of hydrogen-bond acceptors (Lipinski definition) is 4. The Hall–Kier alpha value is -2.99. The number of amides is 1. The number of anilines is 1. The molecule has 0 bridgehead atoms. The molecule has 27 heavy (non-hydrogen) atoms. The number of halogens is 1. The zero-order valence-electron chi connectivity index (χ0n) is 15.3. The second-order valence-electron chi connectivity index (χ2n) is 5.98. The highest BCUT2D eigenvalue weighted by atomic mass is 35.5. The standard InChI is InChI=1S/C20H20ClN3O3/c1-12-19(13-4-7-15(26-2)8-5-13)20(24-23-12)22-18(25)10-14-6-9-16(27-3)11-17(14)21/h4-9,11H,10H2,1-3H3,(H2,22,23,24,25). The van der Waals surface area contributed by atoms with Crippen LogP contribution >= 0.6 is 11.6 Å². The summed E-state index contributed by atoms with van der Waals surface area (Å²) in [4.78, 5) is 12.5. The van der Waals surface area contributed by atoms with Crippen molar-refractivity contribution in [3.8, 4) is 22.6 Å². The summed E-state index contributed by atoms with van der Waals surface area (Å²) in [6, 6.07) is 12.8. The first-order valence-electron chi connectivity index (χ1n) is 8.33. The predicted octanol–water partition coefficient (Wildman–Crippen LogP) is 4.24. The molecular weight excluding hydrogens is 366 g/mol. The van der Waals surface area contributed by atoms with Gasteiger partial charge in [0.05, 0.1) is 20.6 Å². The summed E-state index contributed by atoms with van der Waals surface area (Å²) in [6.07, 6.45) is 0.136. The minimum Gasteiger partial charge on any atom is -0.497 e. The van der Waals surface area contributed by atoms with Crippen molar-refractivity contribution in [1.29, 1.82) is 0 Å². The molecule has 7 heteroatoms. The molecule has 2 N–H and O–H groups in total. The SMILES string of the molecule is COc1ccc(-c2c(NC(=O)Cc3ccc(OC)cc3Cl)n[nH]c2C)cc1. The van der Waals surface area contributed by atoms with E-state index in [9.17, 15) is 4.79 Å². The number of H-pyrrole nitrogens is 1. The van der Waals surface area contributed by atoms with Crippen LogP contribution in [-0.4, -0.2) is 30.3 Å². The number of ether oxygens (including phenoxy) is 2. The summed E-state index contributed by atoms with van der Waals surface area (Å²) < 4.78 is 10.3. The lowest BCUT2D eigenvalue weighted by atomic mass is 10.1. The molecule has 0 unspecified atom stereocenters. The smallest absolute Gasteiger partial charge is 0.230 e. The Morgan fingerprint density at radius 2 is 1.78 bits per heavy atom. The lowest BCUT2D eigenvalue weighted by molar-refractivity contribution is -0.115. The van der Waals surface area contributed by atoms with Gasteiger partial charge in [0.25, 0.3) is 0 Å². The van der Waals surface area contributed by atoms with Crippen molar-refractivity contribution < 1.29 is 14.3 Å². The second kappa shape index (κ2) is 8.14. The van der Waals surface area contributed by atoms with Crippen LogP contribution in [0.1, 0.15) is 11.3 Å². The average molecular weight is 386 g/mol. The molecule has 1 heterocycles. The number of nitrogens with one attached hydrogen (secondary N) is 2. The average Bonchev–Trinajstić information content (AvgIpc) is 3.03. The molecule has 2 aromatic carbocycles. The number of carbonyl (C=O) groups excluding carboxylic acids is 1. The van der Waals surface area contributed by atoms with Gasteiger partial charge in [-0.2, -0.15) is 5.10 Å². The normalized spacial score (nSPS) is 10.5. The van der Waals surface area contributed by atoms with Gasteiger partial charge in [-0.3, -0.25) is 9.89 Å². The lowest BCUT2D eigenvalue weighted by Gasteiger charge is -2.09. The molecule has 1 amide bonds. The highest BCUT2D eigenvalue weighted by Gasteiger charge is 2.16. The van der Waals surface area contributed by atoms with Crippen LogP contribution in [-0.2, 0) is 11.2 Å². The summed E-state index contributed by atoms with van der Waals surface area (Å²) in [5.74, 6) is 1.68. The van der Waals surface area contributed by atoms with Gasteiger partial charge in [0.2, 0.25) is 5.91 Å². The molecular formula is C20H20ClN3O3. The first-order valence-corrected chi connectivity index (χ1v) is 8.71. The van der Waals surface area contributed by atoms with Crippen LogP contribution in [0.2, 0.25) is 5.02 Å². The number of nitrogens with zero attached hydrogens (tertiary/aromatic N) is 1. The molecule has 0 fully saturated rings. The number of rotatable bonds is 6. The predicted molar refractivity (Wildman–Crippen MR) is 106 cm³/mol. The van der Waals surface area contributed by atoms with E-state index in [1.54, 1.807) is 32.4 Å².